The zero-order valence-electron chi connectivity index (χ0n) is 9.72. The minimum Gasteiger partial charge on any atom is -0.384 e. The van der Waals surface area contributed by atoms with Gasteiger partial charge in [0, 0.05) is 6.54 Å². The molecule has 1 fully saturated rings. The molecule has 1 saturated carbocycles. The van der Waals surface area contributed by atoms with Crippen LogP contribution in [-0.2, 0) is 6.18 Å². The molecule has 2 nitrogen and oxygen atoms in total. The second kappa shape index (κ2) is 4.89. The van der Waals surface area contributed by atoms with Crippen molar-refractivity contribution in [2.24, 2.45) is 5.92 Å². The first-order valence-electron chi connectivity index (χ1n) is 5.86. The van der Waals surface area contributed by atoms with Crippen LogP contribution in [0.25, 0.3) is 0 Å². The summed E-state index contributed by atoms with van der Waals surface area (Å²) in [5, 5.41) is 11.9. The first kappa shape index (κ1) is 12.7. The lowest BCUT2D eigenvalue weighted by Crippen LogP contribution is -2.21. The van der Waals surface area contributed by atoms with E-state index in [2.05, 4.69) is 5.32 Å². The smallest absolute Gasteiger partial charge is 0.384 e. The van der Waals surface area contributed by atoms with Crippen LogP contribution in [0.15, 0.2) is 18.2 Å². The van der Waals surface area contributed by atoms with E-state index in [4.69, 9.17) is 5.26 Å². The molecule has 0 aromatic heterocycles. The normalized spacial score (nSPS) is 15.9. The molecule has 1 N–H and O–H groups in total. The molecule has 0 atom stereocenters. The zero-order chi connectivity index (χ0) is 13.2. The van der Waals surface area contributed by atoms with Crippen molar-refractivity contribution in [1.29, 1.82) is 5.26 Å². The third-order valence-electron chi connectivity index (χ3n) is 3.27. The summed E-state index contributed by atoms with van der Waals surface area (Å²) in [4.78, 5) is 0. The average molecular weight is 254 g/mol. The quantitative estimate of drug-likeness (QED) is 0.890. The summed E-state index contributed by atoms with van der Waals surface area (Å²) in [5.41, 5.74) is -0.255. The maximum Gasteiger partial charge on any atom is 0.416 e. The van der Waals surface area contributed by atoms with Crippen LogP contribution in [0.4, 0.5) is 18.9 Å². The number of nitrogens with one attached hydrogen (secondary N) is 1. The number of halogens is 3. The van der Waals surface area contributed by atoms with Gasteiger partial charge in [-0.1, -0.05) is 6.42 Å². The maximum atomic E-state index is 12.5. The minimum absolute atomic E-state index is 0.0455. The predicted octanol–water partition coefficient (Wildman–Crippen LogP) is 3.79. The Labute approximate surface area is 103 Å². The van der Waals surface area contributed by atoms with E-state index in [1.165, 1.54) is 12.5 Å². The molecule has 5 heteroatoms. The van der Waals surface area contributed by atoms with Crippen molar-refractivity contribution in [2.45, 2.75) is 25.4 Å². The first-order chi connectivity index (χ1) is 8.50. The second-order valence-electron chi connectivity index (χ2n) is 4.55. The van der Waals surface area contributed by atoms with Crippen molar-refractivity contribution in [2.75, 3.05) is 11.9 Å². The molecule has 0 amide bonds. The molecular formula is C13H13F3N2. The fraction of sp³-hybridized carbons (Fsp3) is 0.462. The van der Waals surface area contributed by atoms with E-state index in [1.807, 2.05) is 0 Å². The topological polar surface area (TPSA) is 35.8 Å². The Morgan fingerprint density at radius 1 is 1.33 bits per heavy atom. The van der Waals surface area contributed by atoms with E-state index in [1.54, 1.807) is 6.07 Å². The van der Waals surface area contributed by atoms with Gasteiger partial charge in [0.05, 0.1) is 16.8 Å². The molecule has 2 rings (SSSR count). The van der Waals surface area contributed by atoms with E-state index < -0.39 is 11.7 Å². The molecule has 1 aromatic rings. The van der Waals surface area contributed by atoms with Crippen LogP contribution in [0.3, 0.4) is 0 Å². The average Bonchev–Trinajstić information content (AvgIpc) is 2.25. The molecule has 0 radical (unpaired) electrons. The van der Waals surface area contributed by atoms with E-state index in [0.717, 1.165) is 31.5 Å². The van der Waals surface area contributed by atoms with E-state index in [9.17, 15) is 13.2 Å². The number of hydrogen-bond acceptors (Lipinski definition) is 2. The van der Waals surface area contributed by atoms with Crippen molar-refractivity contribution < 1.29 is 13.2 Å². The molecule has 0 spiro atoms. The molecule has 1 aliphatic carbocycles. The van der Waals surface area contributed by atoms with Crippen LogP contribution in [-0.4, -0.2) is 6.54 Å². The van der Waals surface area contributed by atoms with Gasteiger partial charge in [0.25, 0.3) is 0 Å². The van der Waals surface area contributed by atoms with E-state index in [-0.39, 0.29) is 5.56 Å². The van der Waals surface area contributed by atoms with Crippen LogP contribution in [0.5, 0.6) is 0 Å². The van der Waals surface area contributed by atoms with E-state index in [0.29, 0.717) is 11.6 Å². The summed E-state index contributed by atoms with van der Waals surface area (Å²) in [7, 11) is 0. The molecule has 1 aliphatic rings. The Morgan fingerprint density at radius 2 is 2.06 bits per heavy atom. The SMILES string of the molecule is N#Cc1cc(C(F)(F)F)ccc1NCC1CCC1. The van der Waals surface area contributed by atoms with Gasteiger partial charge >= 0.3 is 6.18 Å². The molecule has 18 heavy (non-hydrogen) atoms. The Bertz CT molecular complexity index is 470. The van der Waals surface area contributed by atoms with Crippen molar-refractivity contribution in [3.05, 3.63) is 29.3 Å². The monoisotopic (exact) mass is 254 g/mol. The van der Waals surface area contributed by atoms with Gasteiger partial charge in [-0.25, -0.2) is 0 Å². The summed E-state index contributed by atoms with van der Waals surface area (Å²) >= 11 is 0. The van der Waals surface area contributed by atoms with Crippen molar-refractivity contribution >= 4 is 5.69 Å². The summed E-state index contributed by atoms with van der Waals surface area (Å²) in [5.74, 6) is 0.582. The Kier molecular flexibility index (Phi) is 3.46. The van der Waals surface area contributed by atoms with Crippen LogP contribution in [0.2, 0.25) is 0 Å². The third-order valence-corrected chi connectivity index (χ3v) is 3.27. The molecule has 0 unspecified atom stereocenters. The number of nitriles is 1. The maximum absolute atomic E-state index is 12.5. The predicted molar refractivity (Wildman–Crippen MR) is 62.0 cm³/mol. The number of anilines is 1. The summed E-state index contributed by atoms with van der Waals surface area (Å²) < 4.78 is 37.5. The van der Waals surface area contributed by atoms with Crippen LogP contribution in [0, 0.1) is 17.2 Å². The lowest BCUT2D eigenvalue weighted by Gasteiger charge is -2.26. The molecule has 0 bridgehead atoms. The zero-order valence-corrected chi connectivity index (χ0v) is 9.72. The largest absolute Gasteiger partial charge is 0.416 e. The number of rotatable bonds is 3. The minimum atomic E-state index is -4.40. The Balaban J connectivity index is 2.13. The highest BCUT2D eigenvalue weighted by molar-refractivity contribution is 5.59. The van der Waals surface area contributed by atoms with Gasteiger partial charge in [0.2, 0.25) is 0 Å². The van der Waals surface area contributed by atoms with Gasteiger partial charge in [0.1, 0.15) is 6.07 Å². The van der Waals surface area contributed by atoms with Gasteiger partial charge in [-0.15, -0.1) is 0 Å². The lowest BCUT2D eigenvalue weighted by atomic mass is 9.85. The summed E-state index contributed by atoms with van der Waals surface area (Å²) in [6, 6.07) is 5.03. The molecule has 0 saturated heterocycles. The van der Waals surface area contributed by atoms with Gasteiger partial charge in [-0.3, -0.25) is 0 Å². The highest BCUT2D eigenvalue weighted by Gasteiger charge is 2.31. The van der Waals surface area contributed by atoms with Gasteiger partial charge < -0.3 is 5.32 Å². The molecule has 0 aliphatic heterocycles. The van der Waals surface area contributed by atoms with Crippen LogP contribution in [0.1, 0.15) is 30.4 Å². The third kappa shape index (κ3) is 2.76. The summed E-state index contributed by atoms with van der Waals surface area (Å²) in [6.07, 6.45) is -0.895. The molecular weight excluding hydrogens is 241 g/mol. The van der Waals surface area contributed by atoms with Gasteiger partial charge in [-0.2, -0.15) is 18.4 Å². The van der Waals surface area contributed by atoms with Gasteiger partial charge in [0.15, 0.2) is 0 Å². The standard InChI is InChI=1S/C13H13F3N2/c14-13(15,16)11-4-5-12(10(6-11)7-17)18-8-9-2-1-3-9/h4-6,9,18H,1-3,8H2. The first-order valence-corrected chi connectivity index (χ1v) is 5.86. The van der Waals surface area contributed by atoms with Crippen molar-refractivity contribution in [1.82, 2.24) is 0 Å². The Hall–Kier alpha value is -1.70. The number of benzene rings is 1. The molecule has 1 aromatic carbocycles. The van der Waals surface area contributed by atoms with Crippen molar-refractivity contribution in [3.8, 4) is 6.07 Å². The van der Waals surface area contributed by atoms with Gasteiger partial charge in [-0.05, 0) is 37.0 Å². The second-order valence-corrected chi connectivity index (χ2v) is 4.55. The summed E-state index contributed by atoms with van der Waals surface area (Å²) in [6.45, 7) is 0.722. The fourth-order valence-electron chi connectivity index (χ4n) is 1.92. The fourth-order valence-corrected chi connectivity index (χ4v) is 1.92. The molecule has 96 valence electrons. The number of hydrogen-bond donors (Lipinski definition) is 1. The molecule has 0 heterocycles. The lowest BCUT2D eigenvalue weighted by molar-refractivity contribution is -0.137. The van der Waals surface area contributed by atoms with E-state index >= 15 is 0 Å². The van der Waals surface area contributed by atoms with Crippen LogP contribution >= 0.6 is 0 Å². The number of nitrogens with zero attached hydrogens (tertiary/aromatic N) is 1. The number of alkyl halides is 3. The highest BCUT2D eigenvalue weighted by Crippen LogP contribution is 2.32. The van der Waals surface area contributed by atoms with Crippen LogP contribution < -0.4 is 5.32 Å². The van der Waals surface area contributed by atoms with Crippen molar-refractivity contribution in [3.63, 3.8) is 0 Å². The Morgan fingerprint density at radius 3 is 2.56 bits per heavy atom. The highest BCUT2D eigenvalue weighted by atomic mass is 19.4.